The molecular formula is C20H20ClN3O2S. The maximum absolute atomic E-state index is 12.7. The highest BCUT2D eigenvalue weighted by Crippen LogP contribution is 2.33. The average molecular weight is 402 g/mol. The smallest absolute Gasteiger partial charge is 0.233 e. The molecule has 5 nitrogen and oxygen atoms in total. The van der Waals surface area contributed by atoms with E-state index in [-0.39, 0.29) is 12.5 Å². The highest BCUT2D eigenvalue weighted by molar-refractivity contribution is 7.97. The maximum Gasteiger partial charge on any atom is 0.233 e. The third kappa shape index (κ3) is 4.04. The third-order valence-corrected chi connectivity index (χ3v) is 6.12. The number of pyridine rings is 1. The van der Waals surface area contributed by atoms with E-state index < -0.39 is 5.92 Å². The van der Waals surface area contributed by atoms with Crippen molar-refractivity contribution in [3.8, 4) is 0 Å². The summed E-state index contributed by atoms with van der Waals surface area (Å²) in [5.41, 5.74) is 3.55. The van der Waals surface area contributed by atoms with Gasteiger partial charge in [-0.05, 0) is 52.9 Å². The van der Waals surface area contributed by atoms with Crippen molar-refractivity contribution in [1.82, 2.24) is 14.2 Å². The number of hydrogen-bond acceptors (Lipinski definition) is 5. The SMILES string of the molecule is O=C(C(CO)c1ccc(Cl)cc1)N1CC(=C2CN(Sc3ccccn3)C2)C1. The van der Waals surface area contributed by atoms with Crippen LogP contribution in [0.1, 0.15) is 11.5 Å². The molecule has 2 saturated heterocycles. The summed E-state index contributed by atoms with van der Waals surface area (Å²) in [6.07, 6.45) is 1.80. The summed E-state index contributed by atoms with van der Waals surface area (Å²) in [5.74, 6) is -0.547. The third-order valence-electron chi connectivity index (χ3n) is 4.92. The van der Waals surface area contributed by atoms with Gasteiger partial charge in [0, 0.05) is 37.4 Å². The lowest BCUT2D eigenvalue weighted by molar-refractivity contribution is -0.135. The molecule has 1 aromatic carbocycles. The standard InChI is InChI=1S/C20H20ClN3O2S/c21-17-6-4-14(5-7-17)18(13-25)20(26)23-9-15(10-23)16-11-24(12-16)27-19-3-1-2-8-22-19/h1-8,18,25H,9-13H2. The van der Waals surface area contributed by atoms with E-state index in [2.05, 4.69) is 9.29 Å². The van der Waals surface area contributed by atoms with Gasteiger partial charge in [0.05, 0.1) is 12.5 Å². The van der Waals surface area contributed by atoms with Crippen LogP contribution >= 0.6 is 23.5 Å². The first-order valence-corrected chi connectivity index (χ1v) is 9.98. The van der Waals surface area contributed by atoms with E-state index in [0.717, 1.165) is 23.7 Å². The molecule has 7 heteroatoms. The summed E-state index contributed by atoms with van der Waals surface area (Å²) >= 11 is 7.57. The van der Waals surface area contributed by atoms with Crippen molar-refractivity contribution in [1.29, 1.82) is 0 Å². The van der Waals surface area contributed by atoms with Gasteiger partial charge in [-0.25, -0.2) is 9.29 Å². The van der Waals surface area contributed by atoms with Crippen LogP contribution in [0.3, 0.4) is 0 Å². The molecule has 1 N–H and O–H groups in total. The lowest BCUT2D eigenvalue weighted by atomic mass is 9.92. The molecule has 3 heterocycles. The normalized spacial score (nSPS) is 18.1. The molecule has 2 aromatic rings. The van der Waals surface area contributed by atoms with E-state index in [1.807, 2.05) is 23.1 Å². The van der Waals surface area contributed by atoms with Crippen molar-refractivity contribution in [3.63, 3.8) is 0 Å². The molecule has 2 aliphatic rings. The van der Waals surface area contributed by atoms with Gasteiger partial charge in [-0.15, -0.1) is 0 Å². The van der Waals surface area contributed by atoms with Crippen LogP contribution in [0.15, 0.2) is 64.8 Å². The van der Waals surface area contributed by atoms with Crippen LogP contribution in [-0.2, 0) is 4.79 Å². The van der Waals surface area contributed by atoms with Gasteiger partial charge in [0.15, 0.2) is 0 Å². The topological polar surface area (TPSA) is 56.7 Å². The Morgan fingerprint density at radius 1 is 1.11 bits per heavy atom. The van der Waals surface area contributed by atoms with Gasteiger partial charge < -0.3 is 10.0 Å². The molecule has 0 aliphatic carbocycles. The van der Waals surface area contributed by atoms with E-state index in [0.29, 0.717) is 18.1 Å². The Morgan fingerprint density at radius 3 is 2.44 bits per heavy atom. The maximum atomic E-state index is 12.7. The second-order valence-corrected chi connectivity index (χ2v) is 8.30. The number of halogens is 1. The molecule has 1 amide bonds. The van der Waals surface area contributed by atoms with Crippen LogP contribution in [0.25, 0.3) is 0 Å². The van der Waals surface area contributed by atoms with Crippen molar-refractivity contribution >= 4 is 29.5 Å². The zero-order valence-electron chi connectivity index (χ0n) is 14.7. The monoisotopic (exact) mass is 401 g/mol. The minimum absolute atomic E-state index is 0.0248. The van der Waals surface area contributed by atoms with Gasteiger partial charge in [-0.3, -0.25) is 4.79 Å². The molecule has 4 rings (SSSR count). The predicted molar refractivity (Wildman–Crippen MR) is 107 cm³/mol. The van der Waals surface area contributed by atoms with E-state index in [4.69, 9.17) is 11.6 Å². The molecule has 1 atom stereocenters. The quantitative estimate of drug-likeness (QED) is 0.616. The minimum atomic E-state index is -0.522. The first kappa shape index (κ1) is 18.5. The van der Waals surface area contributed by atoms with Crippen LogP contribution in [0, 0.1) is 0 Å². The van der Waals surface area contributed by atoms with E-state index in [9.17, 15) is 9.90 Å². The molecular weight excluding hydrogens is 382 g/mol. The Morgan fingerprint density at radius 2 is 1.81 bits per heavy atom. The molecule has 0 radical (unpaired) electrons. The van der Waals surface area contributed by atoms with Gasteiger partial charge in [0.1, 0.15) is 5.03 Å². The Labute approximate surface area is 167 Å². The number of nitrogens with zero attached hydrogens (tertiary/aromatic N) is 3. The van der Waals surface area contributed by atoms with Crippen LogP contribution in [0.5, 0.6) is 0 Å². The molecule has 0 spiro atoms. The van der Waals surface area contributed by atoms with Gasteiger partial charge in [0.2, 0.25) is 5.91 Å². The molecule has 140 valence electrons. The number of aliphatic hydroxyl groups excluding tert-OH is 1. The first-order valence-electron chi connectivity index (χ1n) is 8.83. The molecule has 1 unspecified atom stereocenters. The number of hydrogen-bond donors (Lipinski definition) is 1. The van der Waals surface area contributed by atoms with E-state index >= 15 is 0 Å². The number of carbonyl (C=O) groups is 1. The summed E-state index contributed by atoms with van der Waals surface area (Å²) in [6, 6.07) is 13.0. The van der Waals surface area contributed by atoms with Gasteiger partial charge in [0.25, 0.3) is 0 Å². The van der Waals surface area contributed by atoms with E-state index in [1.54, 1.807) is 42.4 Å². The number of likely N-dealkylation sites (tertiary alicyclic amines) is 1. The summed E-state index contributed by atoms with van der Waals surface area (Å²) in [7, 11) is 0. The zero-order valence-corrected chi connectivity index (χ0v) is 16.3. The van der Waals surface area contributed by atoms with Gasteiger partial charge in [-0.2, -0.15) is 0 Å². The average Bonchev–Trinajstić information content (AvgIpc) is 2.61. The lowest BCUT2D eigenvalue weighted by Gasteiger charge is -2.42. The fourth-order valence-electron chi connectivity index (χ4n) is 3.24. The molecule has 1 aromatic heterocycles. The number of carbonyl (C=O) groups excluding carboxylic acids is 1. The van der Waals surface area contributed by atoms with Gasteiger partial charge >= 0.3 is 0 Å². The van der Waals surface area contributed by atoms with Crippen molar-refractivity contribution in [2.75, 3.05) is 32.8 Å². The molecule has 27 heavy (non-hydrogen) atoms. The fourth-order valence-corrected chi connectivity index (χ4v) is 4.32. The molecule has 2 fully saturated rings. The Kier molecular flexibility index (Phi) is 5.50. The van der Waals surface area contributed by atoms with Crippen molar-refractivity contribution in [2.24, 2.45) is 0 Å². The van der Waals surface area contributed by atoms with Crippen LogP contribution in [0.2, 0.25) is 5.02 Å². The largest absolute Gasteiger partial charge is 0.395 e. The summed E-state index contributed by atoms with van der Waals surface area (Å²) in [6.45, 7) is 2.97. The van der Waals surface area contributed by atoms with Crippen LogP contribution in [0.4, 0.5) is 0 Å². The van der Waals surface area contributed by atoms with Crippen molar-refractivity contribution in [3.05, 3.63) is 70.4 Å². The molecule has 0 bridgehead atoms. The fraction of sp³-hybridized carbons (Fsp3) is 0.300. The Hall–Kier alpha value is -1.86. The van der Waals surface area contributed by atoms with Gasteiger partial charge in [-0.1, -0.05) is 29.8 Å². The highest BCUT2D eigenvalue weighted by Gasteiger charge is 2.35. The Bertz CT molecular complexity index is 841. The molecule has 0 saturated carbocycles. The summed E-state index contributed by atoms with van der Waals surface area (Å²) in [5, 5.41) is 11.3. The second-order valence-electron chi connectivity index (χ2n) is 6.75. The van der Waals surface area contributed by atoms with Crippen molar-refractivity contribution < 1.29 is 9.90 Å². The highest BCUT2D eigenvalue weighted by atomic mass is 35.5. The predicted octanol–water partition coefficient (Wildman–Crippen LogP) is 2.97. The minimum Gasteiger partial charge on any atom is -0.395 e. The van der Waals surface area contributed by atoms with Crippen LogP contribution < -0.4 is 0 Å². The number of aliphatic hydroxyl groups is 1. The number of aromatic nitrogens is 1. The van der Waals surface area contributed by atoms with E-state index in [1.165, 1.54) is 11.1 Å². The Balaban J connectivity index is 1.30. The zero-order chi connectivity index (χ0) is 18.8. The number of rotatable bonds is 5. The number of amides is 1. The summed E-state index contributed by atoms with van der Waals surface area (Å²) in [4.78, 5) is 18.8. The first-order chi connectivity index (χ1) is 13.1. The summed E-state index contributed by atoms with van der Waals surface area (Å²) < 4.78 is 2.26. The molecule has 2 aliphatic heterocycles. The number of benzene rings is 1. The van der Waals surface area contributed by atoms with Crippen molar-refractivity contribution in [2.45, 2.75) is 10.9 Å². The second kappa shape index (κ2) is 8.02. The lowest BCUT2D eigenvalue weighted by Crippen LogP contribution is -2.50. The van der Waals surface area contributed by atoms with Crippen LogP contribution in [-0.4, -0.2) is 58.0 Å².